The summed E-state index contributed by atoms with van der Waals surface area (Å²) in [4.78, 5) is 22.4. The van der Waals surface area contributed by atoms with Crippen LogP contribution in [0.25, 0.3) is 0 Å². The van der Waals surface area contributed by atoms with Crippen molar-refractivity contribution in [1.29, 1.82) is 0 Å². The minimum Gasteiger partial charge on any atom is -0.496 e. The quantitative estimate of drug-likeness (QED) is 0.695. The van der Waals surface area contributed by atoms with Gasteiger partial charge in [0, 0.05) is 5.56 Å². The van der Waals surface area contributed by atoms with Gasteiger partial charge in [0.1, 0.15) is 5.75 Å². The lowest BCUT2D eigenvalue weighted by atomic mass is 10.1. The number of aryl methyl sites for hydroxylation is 1. The lowest BCUT2D eigenvalue weighted by Crippen LogP contribution is -2.43. The Morgan fingerprint density at radius 2 is 2.11 bits per heavy atom. The molecular formula is C12H15NO5. The number of nitrogens with one attached hydrogen (secondary N) is 1. The standard InChI is InChI=1S/C12H15NO5/c1-7-3-4-8(5-10(7)18-2)11(15)13-9(6-14)12(16)17/h3-5,9,14H,6H2,1-2H3,(H,13,15)(H,16,17). The van der Waals surface area contributed by atoms with Gasteiger partial charge in [0.15, 0.2) is 6.04 Å². The number of aliphatic hydroxyl groups excluding tert-OH is 1. The lowest BCUT2D eigenvalue weighted by Gasteiger charge is -2.12. The molecule has 0 heterocycles. The number of aliphatic hydroxyl groups is 1. The van der Waals surface area contributed by atoms with Crippen LogP contribution in [0.2, 0.25) is 0 Å². The lowest BCUT2D eigenvalue weighted by molar-refractivity contribution is -0.140. The van der Waals surface area contributed by atoms with Gasteiger partial charge in [-0.15, -0.1) is 0 Å². The summed E-state index contributed by atoms with van der Waals surface area (Å²) in [6, 6.07) is 3.46. The van der Waals surface area contributed by atoms with Crippen molar-refractivity contribution in [3.05, 3.63) is 29.3 Å². The van der Waals surface area contributed by atoms with Crippen LogP contribution in [-0.4, -0.2) is 41.8 Å². The Labute approximate surface area is 104 Å². The van der Waals surface area contributed by atoms with E-state index in [9.17, 15) is 9.59 Å². The van der Waals surface area contributed by atoms with Gasteiger partial charge in [-0.1, -0.05) is 6.07 Å². The maximum Gasteiger partial charge on any atom is 0.328 e. The number of methoxy groups -OCH3 is 1. The van der Waals surface area contributed by atoms with Crippen LogP contribution in [0.4, 0.5) is 0 Å². The van der Waals surface area contributed by atoms with Crippen LogP contribution in [0.1, 0.15) is 15.9 Å². The SMILES string of the molecule is COc1cc(C(=O)NC(CO)C(=O)O)ccc1C. The molecule has 1 unspecified atom stereocenters. The Bertz CT molecular complexity index is 458. The number of benzene rings is 1. The van der Waals surface area contributed by atoms with E-state index in [1.165, 1.54) is 13.2 Å². The van der Waals surface area contributed by atoms with Gasteiger partial charge in [-0.25, -0.2) is 4.79 Å². The summed E-state index contributed by atoms with van der Waals surface area (Å²) in [7, 11) is 1.48. The molecule has 6 heteroatoms. The third kappa shape index (κ3) is 3.21. The molecule has 0 bridgehead atoms. The zero-order valence-electron chi connectivity index (χ0n) is 10.1. The molecule has 0 aliphatic heterocycles. The molecule has 1 rings (SSSR count). The molecule has 1 aromatic rings. The Balaban J connectivity index is 2.87. The second-order valence-electron chi connectivity index (χ2n) is 3.73. The highest BCUT2D eigenvalue weighted by Gasteiger charge is 2.19. The highest BCUT2D eigenvalue weighted by atomic mass is 16.5. The first-order chi connectivity index (χ1) is 8.49. The Kier molecular flexibility index (Phi) is 4.67. The van der Waals surface area contributed by atoms with Crippen LogP contribution in [0.15, 0.2) is 18.2 Å². The molecule has 98 valence electrons. The minimum atomic E-state index is -1.32. The van der Waals surface area contributed by atoms with E-state index in [1.54, 1.807) is 12.1 Å². The van der Waals surface area contributed by atoms with Crippen molar-refractivity contribution in [2.45, 2.75) is 13.0 Å². The van der Waals surface area contributed by atoms with Crippen LogP contribution in [0.5, 0.6) is 5.75 Å². The number of amides is 1. The zero-order chi connectivity index (χ0) is 13.7. The normalized spacial score (nSPS) is 11.7. The number of carbonyl (C=O) groups excluding carboxylic acids is 1. The fourth-order valence-corrected chi connectivity index (χ4v) is 1.39. The van der Waals surface area contributed by atoms with Gasteiger partial charge in [-0.2, -0.15) is 0 Å². The van der Waals surface area contributed by atoms with Crippen molar-refractivity contribution >= 4 is 11.9 Å². The summed E-state index contributed by atoms with van der Waals surface area (Å²) in [5, 5.41) is 19.7. The summed E-state index contributed by atoms with van der Waals surface area (Å²) < 4.78 is 5.07. The average Bonchev–Trinajstić information content (AvgIpc) is 2.35. The van der Waals surface area contributed by atoms with E-state index in [4.69, 9.17) is 14.9 Å². The topological polar surface area (TPSA) is 95.9 Å². The Morgan fingerprint density at radius 3 is 2.61 bits per heavy atom. The highest BCUT2D eigenvalue weighted by Crippen LogP contribution is 2.18. The number of hydrogen-bond donors (Lipinski definition) is 3. The predicted molar refractivity (Wildman–Crippen MR) is 63.7 cm³/mol. The van der Waals surface area contributed by atoms with Gasteiger partial charge < -0.3 is 20.3 Å². The van der Waals surface area contributed by atoms with E-state index >= 15 is 0 Å². The van der Waals surface area contributed by atoms with Crippen molar-refractivity contribution in [3.8, 4) is 5.75 Å². The summed E-state index contributed by atoms with van der Waals surface area (Å²) in [5.41, 5.74) is 1.14. The molecule has 0 radical (unpaired) electrons. The van der Waals surface area contributed by atoms with E-state index < -0.39 is 24.5 Å². The van der Waals surface area contributed by atoms with Gasteiger partial charge >= 0.3 is 5.97 Å². The fraction of sp³-hybridized carbons (Fsp3) is 0.333. The third-order valence-electron chi connectivity index (χ3n) is 2.46. The number of carboxylic acids is 1. The second-order valence-corrected chi connectivity index (χ2v) is 3.73. The molecule has 0 saturated heterocycles. The Morgan fingerprint density at radius 1 is 1.44 bits per heavy atom. The molecule has 0 aromatic heterocycles. The number of hydrogen-bond acceptors (Lipinski definition) is 4. The van der Waals surface area contributed by atoms with Crippen molar-refractivity contribution in [2.75, 3.05) is 13.7 Å². The van der Waals surface area contributed by atoms with Crippen LogP contribution in [0.3, 0.4) is 0 Å². The van der Waals surface area contributed by atoms with Crippen molar-refractivity contribution in [1.82, 2.24) is 5.32 Å². The zero-order valence-corrected chi connectivity index (χ0v) is 10.1. The van der Waals surface area contributed by atoms with Gasteiger partial charge in [0.2, 0.25) is 0 Å². The van der Waals surface area contributed by atoms with Gasteiger partial charge in [0.05, 0.1) is 13.7 Å². The van der Waals surface area contributed by atoms with E-state index in [2.05, 4.69) is 5.32 Å². The first-order valence-corrected chi connectivity index (χ1v) is 5.28. The molecule has 1 aromatic carbocycles. The van der Waals surface area contributed by atoms with Gasteiger partial charge in [-0.05, 0) is 24.6 Å². The molecule has 0 fully saturated rings. The van der Waals surface area contributed by atoms with Crippen LogP contribution >= 0.6 is 0 Å². The fourth-order valence-electron chi connectivity index (χ4n) is 1.39. The van der Waals surface area contributed by atoms with E-state index in [0.29, 0.717) is 5.75 Å². The number of aliphatic carboxylic acids is 1. The number of carbonyl (C=O) groups is 2. The third-order valence-corrected chi connectivity index (χ3v) is 2.46. The van der Waals surface area contributed by atoms with Crippen LogP contribution in [-0.2, 0) is 4.79 Å². The number of ether oxygens (including phenoxy) is 1. The molecule has 1 amide bonds. The average molecular weight is 253 g/mol. The molecule has 1 atom stereocenters. The van der Waals surface area contributed by atoms with Crippen LogP contribution in [0, 0.1) is 6.92 Å². The molecule has 18 heavy (non-hydrogen) atoms. The van der Waals surface area contributed by atoms with Gasteiger partial charge in [-0.3, -0.25) is 4.79 Å². The van der Waals surface area contributed by atoms with Crippen molar-refractivity contribution in [2.24, 2.45) is 0 Å². The molecule has 3 N–H and O–H groups in total. The molecule has 0 saturated carbocycles. The maximum atomic E-state index is 11.8. The monoisotopic (exact) mass is 253 g/mol. The van der Waals surface area contributed by atoms with Crippen molar-refractivity contribution < 1.29 is 24.5 Å². The van der Waals surface area contributed by atoms with E-state index in [0.717, 1.165) is 5.56 Å². The molecule has 0 spiro atoms. The molecular weight excluding hydrogens is 238 g/mol. The number of carboxylic acid groups (broad SMARTS) is 1. The Hall–Kier alpha value is -2.08. The minimum absolute atomic E-state index is 0.275. The smallest absolute Gasteiger partial charge is 0.328 e. The van der Waals surface area contributed by atoms with E-state index in [1.807, 2.05) is 6.92 Å². The van der Waals surface area contributed by atoms with Crippen molar-refractivity contribution in [3.63, 3.8) is 0 Å². The number of rotatable bonds is 5. The largest absolute Gasteiger partial charge is 0.496 e. The summed E-state index contributed by atoms with van der Waals surface area (Å²) in [6.45, 7) is 1.17. The first kappa shape index (κ1) is 14.0. The summed E-state index contributed by atoms with van der Waals surface area (Å²) in [5.74, 6) is -1.32. The highest BCUT2D eigenvalue weighted by molar-refractivity contribution is 5.97. The predicted octanol–water partition coefficient (Wildman–Crippen LogP) is 0.179. The molecule has 0 aliphatic rings. The first-order valence-electron chi connectivity index (χ1n) is 5.28. The molecule has 0 aliphatic carbocycles. The maximum absolute atomic E-state index is 11.8. The molecule has 6 nitrogen and oxygen atoms in total. The van der Waals surface area contributed by atoms with E-state index in [-0.39, 0.29) is 5.56 Å². The van der Waals surface area contributed by atoms with Gasteiger partial charge in [0.25, 0.3) is 5.91 Å². The van der Waals surface area contributed by atoms with Crippen LogP contribution < -0.4 is 10.1 Å². The summed E-state index contributed by atoms with van der Waals surface area (Å²) in [6.07, 6.45) is 0. The summed E-state index contributed by atoms with van der Waals surface area (Å²) >= 11 is 0. The second kappa shape index (κ2) is 6.02.